The summed E-state index contributed by atoms with van der Waals surface area (Å²) in [5, 5.41) is 8.61. The quantitative estimate of drug-likeness (QED) is 0.790. The Hall–Kier alpha value is -0.910. The minimum absolute atomic E-state index is 0.133. The van der Waals surface area contributed by atoms with E-state index in [0.717, 1.165) is 24.0 Å². The molecule has 2 rings (SSSR count). The van der Waals surface area contributed by atoms with Crippen LogP contribution in [-0.2, 0) is 23.0 Å². The van der Waals surface area contributed by atoms with Crippen LogP contribution in [0, 0.1) is 0 Å². The van der Waals surface area contributed by atoms with Crippen LogP contribution in [0.3, 0.4) is 0 Å². The molecule has 0 heterocycles. The fraction of sp³-hybridized carbons (Fsp3) is 0.500. The van der Waals surface area contributed by atoms with Crippen molar-refractivity contribution < 1.29 is 13.5 Å². The lowest BCUT2D eigenvalue weighted by molar-refractivity contribution is 0.299. The van der Waals surface area contributed by atoms with E-state index in [-0.39, 0.29) is 11.9 Å². The highest BCUT2D eigenvalue weighted by molar-refractivity contribution is 7.90. The van der Waals surface area contributed by atoms with Gasteiger partial charge in [-0.25, -0.2) is 13.1 Å². The van der Waals surface area contributed by atoms with Crippen LogP contribution in [0.2, 0.25) is 0 Å². The molecular weight excluding hydrogens is 238 g/mol. The van der Waals surface area contributed by atoms with Gasteiger partial charge in [-0.15, -0.1) is 0 Å². The number of rotatable bonds is 6. The van der Waals surface area contributed by atoms with Crippen molar-refractivity contribution in [2.75, 3.05) is 6.61 Å². The molecule has 0 atom stereocenters. The Morgan fingerprint density at radius 3 is 2.29 bits per heavy atom. The first-order valence-corrected chi connectivity index (χ1v) is 7.33. The second kappa shape index (κ2) is 5.16. The van der Waals surface area contributed by atoms with Crippen LogP contribution in [0.1, 0.15) is 24.0 Å². The second-order valence-corrected chi connectivity index (χ2v) is 6.40. The van der Waals surface area contributed by atoms with Gasteiger partial charge in [-0.3, -0.25) is 0 Å². The van der Waals surface area contributed by atoms with Crippen molar-refractivity contribution in [1.82, 2.24) is 4.72 Å². The largest absolute Gasteiger partial charge is 0.396 e. The highest BCUT2D eigenvalue weighted by Gasteiger charge is 2.35. The van der Waals surface area contributed by atoms with Gasteiger partial charge in [-0.2, -0.15) is 0 Å². The molecule has 1 saturated carbocycles. The van der Waals surface area contributed by atoms with Gasteiger partial charge in [0.15, 0.2) is 0 Å². The third-order valence-electron chi connectivity index (χ3n) is 2.86. The van der Waals surface area contributed by atoms with Crippen LogP contribution in [-0.4, -0.2) is 25.4 Å². The molecule has 1 fully saturated rings. The molecular formula is C12H17NO3S. The van der Waals surface area contributed by atoms with Crippen molar-refractivity contribution in [3.63, 3.8) is 0 Å². The molecule has 0 saturated heterocycles. The Kier molecular flexibility index (Phi) is 3.81. The first-order valence-electron chi connectivity index (χ1n) is 5.79. The molecule has 0 aromatic heterocycles. The molecule has 1 aromatic carbocycles. The van der Waals surface area contributed by atoms with Crippen molar-refractivity contribution in [3.05, 3.63) is 35.4 Å². The van der Waals surface area contributed by atoms with E-state index >= 15 is 0 Å². The third kappa shape index (κ3) is 3.52. The lowest BCUT2D eigenvalue weighted by atomic mass is 10.1. The Morgan fingerprint density at radius 2 is 1.76 bits per heavy atom. The highest BCUT2D eigenvalue weighted by Crippen LogP contribution is 2.27. The average Bonchev–Trinajstić information content (AvgIpc) is 3.13. The standard InChI is InChI=1S/C12H17NO3S/c14-8-7-10-1-3-11(4-2-10)9-13-17(15,16)12-5-6-12/h1-4,12-14H,5-9H2. The van der Waals surface area contributed by atoms with Crippen LogP contribution < -0.4 is 4.72 Å². The Bertz CT molecular complexity index is 463. The summed E-state index contributed by atoms with van der Waals surface area (Å²) in [6, 6.07) is 7.61. The minimum Gasteiger partial charge on any atom is -0.396 e. The maximum atomic E-state index is 11.6. The van der Waals surface area contributed by atoms with Crippen molar-refractivity contribution in [3.8, 4) is 0 Å². The normalized spacial score (nSPS) is 16.1. The minimum atomic E-state index is -3.10. The highest BCUT2D eigenvalue weighted by atomic mass is 32.2. The van der Waals surface area contributed by atoms with Crippen LogP contribution in [0.5, 0.6) is 0 Å². The number of benzene rings is 1. The predicted octanol–water partition coefficient (Wildman–Crippen LogP) is 0.803. The molecule has 0 unspecified atom stereocenters. The fourth-order valence-electron chi connectivity index (χ4n) is 1.63. The number of aliphatic hydroxyl groups excluding tert-OH is 1. The molecule has 94 valence electrons. The van der Waals surface area contributed by atoms with E-state index in [2.05, 4.69) is 4.72 Å². The number of hydrogen-bond acceptors (Lipinski definition) is 3. The van der Waals surface area contributed by atoms with Gasteiger partial charge in [0, 0.05) is 13.2 Å². The Labute approximate surface area is 102 Å². The molecule has 0 aliphatic heterocycles. The monoisotopic (exact) mass is 255 g/mol. The van der Waals surface area contributed by atoms with Gasteiger partial charge in [0.25, 0.3) is 0 Å². The summed E-state index contributed by atoms with van der Waals surface area (Å²) >= 11 is 0. The van der Waals surface area contributed by atoms with E-state index in [1.165, 1.54) is 0 Å². The molecule has 1 aliphatic rings. The molecule has 0 bridgehead atoms. The lowest BCUT2D eigenvalue weighted by Gasteiger charge is -2.06. The molecule has 1 aromatic rings. The van der Waals surface area contributed by atoms with Crippen molar-refractivity contribution in [2.45, 2.75) is 31.1 Å². The lowest BCUT2D eigenvalue weighted by Crippen LogP contribution is -2.26. The van der Waals surface area contributed by atoms with E-state index in [0.29, 0.717) is 13.0 Å². The van der Waals surface area contributed by atoms with Gasteiger partial charge >= 0.3 is 0 Å². The number of aliphatic hydroxyl groups is 1. The van der Waals surface area contributed by atoms with Crippen LogP contribution in [0.25, 0.3) is 0 Å². The van der Waals surface area contributed by atoms with Crippen molar-refractivity contribution in [1.29, 1.82) is 0 Å². The maximum absolute atomic E-state index is 11.6. The van der Waals surface area contributed by atoms with Crippen molar-refractivity contribution >= 4 is 10.0 Å². The summed E-state index contributed by atoms with van der Waals surface area (Å²) < 4.78 is 25.8. The first-order chi connectivity index (χ1) is 8.12. The van der Waals surface area contributed by atoms with Crippen molar-refractivity contribution in [2.24, 2.45) is 0 Å². The molecule has 5 heteroatoms. The Balaban J connectivity index is 1.90. The van der Waals surface area contributed by atoms with E-state index in [4.69, 9.17) is 5.11 Å². The summed E-state index contributed by atoms with van der Waals surface area (Å²) in [5.74, 6) is 0. The third-order valence-corrected chi connectivity index (χ3v) is 4.76. The number of nitrogens with one attached hydrogen (secondary N) is 1. The molecule has 0 amide bonds. The molecule has 0 radical (unpaired) electrons. The zero-order valence-corrected chi connectivity index (χ0v) is 10.4. The smallest absolute Gasteiger partial charge is 0.214 e. The van der Waals surface area contributed by atoms with Gasteiger partial charge in [0.2, 0.25) is 10.0 Å². The summed E-state index contributed by atoms with van der Waals surface area (Å²) in [7, 11) is -3.10. The van der Waals surface area contributed by atoms with Gasteiger partial charge in [-0.1, -0.05) is 24.3 Å². The van der Waals surface area contributed by atoms with E-state index in [1.807, 2.05) is 24.3 Å². The zero-order valence-electron chi connectivity index (χ0n) is 9.59. The van der Waals surface area contributed by atoms with E-state index in [1.54, 1.807) is 0 Å². The van der Waals surface area contributed by atoms with Crippen LogP contribution >= 0.6 is 0 Å². The summed E-state index contributed by atoms with van der Waals surface area (Å²) in [5.41, 5.74) is 2.00. The number of hydrogen-bond donors (Lipinski definition) is 2. The summed E-state index contributed by atoms with van der Waals surface area (Å²) in [4.78, 5) is 0. The first kappa shape index (κ1) is 12.5. The van der Waals surface area contributed by atoms with Gasteiger partial charge in [0.05, 0.1) is 5.25 Å². The molecule has 1 aliphatic carbocycles. The fourth-order valence-corrected chi connectivity index (χ4v) is 2.99. The predicted molar refractivity (Wildman–Crippen MR) is 66.0 cm³/mol. The summed E-state index contributed by atoms with van der Waals surface area (Å²) in [6.45, 7) is 0.478. The molecule has 4 nitrogen and oxygen atoms in total. The molecule has 0 spiro atoms. The maximum Gasteiger partial charge on any atom is 0.214 e. The molecule has 17 heavy (non-hydrogen) atoms. The van der Waals surface area contributed by atoms with Gasteiger partial charge in [0.1, 0.15) is 0 Å². The van der Waals surface area contributed by atoms with Gasteiger partial charge < -0.3 is 5.11 Å². The zero-order chi connectivity index (χ0) is 12.3. The van der Waals surface area contributed by atoms with Crippen LogP contribution in [0.4, 0.5) is 0 Å². The van der Waals surface area contributed by atoms with E-state index < -0.39 is 10.0 Å². The topological polar surface area (TPSA) is 66.4 Å². The SMILES string of the molecule is O=S(=O)(NCc1ccc(CCO)cc1)C1CC1. The van der Waals surface area contributed by atoms with E-state index in [9.17, 15) is 8.42 Å². The van der Waals surface area contributed by atoms with Crippen LogP contribution in [0.15, 0.2) is 24.3 Å². The Morgan fingerprint density at radius 1 is 1.18 bits per heavy atom. The summed E-state index contributed by atoms with van der Waals surface area (Å²) in [6.07, 6.45) is 2.20. The number of sulfonamides is 1. The second-order valence-electron chi connectivity index (χ2n) is 4.36. The van der Waals surface area contributed by atoms with Gasteiger partial charge in [-0.05, 0) is 30.4 Å². The molecule has 2 N–H and O–H groups in total. The average molecular weight is 255 g/mol.